The predicted molar refractivity (Wildman–Crippen MR) is 84.4 cm³/mol. The number of nitrogens with one attached hydrogen (secondary N) is 1. The second-order valence-corrected chi connectivity index (χ2v) is 5.15. The molecule has 1 atom stereocenters. The molecule has 0 aromatic heterocycles. The minimum atomic E-state index is 0.162. The van der Waals surface area contributed by atoms with Gasteiger partial charge in [0.05, 0.1) is 13.2 Å². The van der Waals surface area contributed by atoms with E-state index < -0.39 is 0 Å². The van der Waals surface area contributed by atoms with Gasteiger partial charge in [0.2, 0.25) is 0 Å². The number of ether oxygens (including phenoxy) is 1. The van der Waals surface area contributed by atoms with E-state index in [0.717, 1.165) is 12.3 Å². The van der Waals surface area contributed by atoms with Gasteiger partial charge in [-0.1, -0.05) is 54.4 Å². The summed E-state index contributed by atoms with van der Waals surface area (Å²) in [6.45, 7) is 7.26. The maximum Gasteiger partial charge on any atom is 0.123 e. The molecule has 0 spiro atoms. The van der Waals surface area contributed by atoms with Crippen LogP contribution in [-0.4, -0.2) is 13.7 Å². The third-order valence-corrected chi connectivity index (χ3v) is 3.52. The lowest BCUT2D eigenvalue weighted by atomic mass is 9.95. The maximum atomic E-state index is 5.53. The Balaban J connectivity index is 2.47. The van der Waals surface area contributed by atoms with Crippen molar-refractivity contribution in [2.75, 3.05) is 13.7 Å². The normalized spacial score (nSPS) is 12.2. The van der Waals surface area contributed by atoms with Crippen molar-refractivity contribution in [3.63, 3.8) is 0 Å². The molecule has 0 aliphatic carbocycles. The molecule has 2 heteroatoms. The summed E-state index contributed by atoms with van der Waals surface area (Å²) in [5, 5.41) is 3.56. The third kappa shape index (κ3) is 3.20. The SMILES string of the molecule is CCNC(c1ccc(C)cc1)c1cc(C)ccc1OC. The lowest BCUT2D eigenvalue weighted by Crippen LogP contribution is -2.22. The monoisotopic (exact) mass is 269 g/mol. The molecule has 0 saturated heterocycles. The number of rotatable bonds is 5. The van der Waals surface area contributed by atoms with Gasteiger partial charge in [0.25, 0.3) is 0 Å². The van der Waals surface area contributed by atoms with E-state index in [4.69, 9.17) is 4.74 Å². The van der Waals surface area contributed by atoms with Crippen LogP contribution < -0.4 is 10.1 Å². The van der Waals surface area contributed by atoms with Crippen LogP contribution in [0.15, 0.2) is 42.5 Å². The zero-order valence-electron chi connectivity index (χ0n) is 12.7. The third-order valence-electron chi connectivity index (χ3n) is 3.52. The van der Waals surface area contributed by atoms with Crippen LogP contribution >= 0.6 is 0 Å². The van der Waals surface area contributed by atoms with Gasteiger partial charge in [0, 0.05) is 5.56 Å². The fourth-order valence-electron chi connectivity index (χ4n) is 2.45. The molecular weight excluding hydrogens is 246 g/mol. The topological polar surface area (TPSA) is 21.3 Å². The lowest BCUT2D eigenvalue weighted by molar-refractivity contribution is 0.404. The molecule has 2 nitrogen and oxygen atoms in total. The van der Waals surface area contributed by atoms with Gasteiger partial charge in [-0.05, 0) is 32.0 Å². The van der Waals surface area contributed by atoms with Gasteiger partial charge in [-0.2, -0.15) is 0 Å². The van der Waals surface area contributed by atoms with Crippen LogP contribution in [-0.2, 0) is 0 Å². The Labute approximate surface area is 121 Å². The molecule has 0 amide bonds. The van der Waals surface area contributed by atoms with Crippen molar-refractivity contribution in [2.24, 2.45) is 0 Å². The zero-order valence-corrected chi connectivity index (χ0v) is 12.7. The van der Waals surface area contributed by atoms with Crippen molar-refractivity contribution in [1.29, 1.82) is 0 Å². The van der Waals surface area contributed by atoms with Gasteiger partial charge in [0.15, 0.2) is 0 Å². The van der Waals surface area contributed by atoms with E-state index in [1.807, 2.05) is 6.07 Å². The van der Waals surface area contributed by atoms with Crippen LogP contribution in [0.25, 0.3) is 0 Å². The van der Waals surface area contributed by atoms with E-state index in [0.29, 0.717) is 0 Å². The molecule has 20 heavy (non-hydrogen) atoms. The highest BCUT2D eigenvalue weighted by molar-refractivity contribution is 5.44. The number of benzene rings is 2. The Morgan fingerprint density at radius 1 is 1.00 bits per heavy atom. The first kappa shape index (κ1) is 14.6. The molecule has 0 aliphatic rings. The average molecular weight is 269 g/mol. The summed E-state index contributed by atoms with van der Waals surface area (Å²) in [5.41, 5.74) is 4.98. The number of hydrogen-bond donors (Lipinski definition) is 1. The van der Waals surface area contributed by atoms with Crippen molar-refractivity contribution >= 4 is 0 Å². The molecule has 0 bridgehead atoms. The maximum absolute atomic E-state index is 5.53. The summed E-state index contributed by atoms with van der Waals surface area (Å²) >= 11 is 0. The summed E-state index contributed by atoms with van der Waals surface area (Å²) < 4.78 is 5.53. The summed E-state index contributed by atoms with van der Waals surface area (Å²) in [6.07, 6.45) is 0. The van der Waals surface area contributed by atoms with Gasteiger partial charge < -0.3 is 10.1 Å². The number of hydrogen-bond acceptors (Lipinski definition) is 2. The van der Waals surface area contributed by atoms with E-state index in [1.165, 1.54) is 22.3 Å². The van der Waals surface area contributed by atoms with Crippen LogP contribution in [0.4, 0.5) is 0 Å². The van der Waals surface area contributed by atoms with Crippen LogP contribution in [0.5, 0.6) is 5.75 Å². The molecule has 1 N–H and O–H groups in total. The first-order valence-corrected chi connectivity index (χ1v) is 7.10. The first-order valence-electron chi connectivity index (χ1n) is 7.10. The predicted octanol–water partition coefficient (Wildman–Crippen LogP) is 4.01. The van der Waals surface area contributed by atoms with E-state index in [9.17, 15) is 0 Å². The van der Waals surface area contributed by atoms with Gasteiger partial charge in [-0.25, -0.2) is 0 Å². The number of methoxy groups -OCH3 is 1. The highest BCUT2D eigenvalue weighted by Crippen LogP contribution is 2.31. The second-order valence-electron chi connectivity index (χ2n) is 5.15. The standard InChI is InChI=1S/C18H23NO/c1-5-19-18(15-9-6-13(2)7-10-15)16-12-14(3)8-11-17(16)20-4/h6-12,18-19H,5H2,1-4H3. The Morgan fingerprint density at radius 2 is 1.65 bits per heavy atom. The highest BCUT2D eigenvalue weighted by atomic mass is 16.5. The fraction of sp³-hybridized carbons (Fsp3) is 0.333. The number of aryl methyl sites for hydroxylation is 2. The minimum Gasteiger partial charge on any atom is -0.496 e. The summed E-state index contributed by atoms with van der Waals surface area (Å²) in [5.74, 6) is 0.933. The fourth-order valence-corrected chi connectivity index (χ4v) is 2.45. The minimum absolute atomic E-state index is 0.162. The Bertz CT molecular complexity index is 560. The summed E-state index contributed by atoms with van der Waals surface area (Å²) in [6, 6.07) is 15.2. The van der Waals surface area contributed by atoms with Gasteiger partial charge in [-0.15, -0.1) is 0 Å². The van der Waals surface area contributed by atoms with Crippen LogP contribution in [0.1, 0.15) is 35.2 Å². The van der Waals surface area contributed by atoms with E-state index in [-0.39, 0.29) is 6.04 Å². The van der Waals surface area contributed by atoms with Crippen molar-refractivity contribution < 1.29 is 4.74 Å². The smallest absolute Gasteiger partial charge is 0.123 e. The van der Waals surface area contributed by atoms with Crippen LogP contribution in [0.2, 0.25) is 0 Å². The van der Waals surface area contributed by atoms with Crippen molar-refractivity contribution in [3.8, 4) is 5.75 Å². The molecule has 1 unspecified atom stereocenters. The molecule has 0 radical (unpaired) electrons. The largest absolute Gasteiger partial charge is 0.496 e. The van der Waals surface area contributed by atoms with Crippen LogP contribution in [0.3, 0.4) is 0 Å². The quantitative estimate of drug-likeness (QED) is 0.885. The van der Waals surface area contributed by atoms with Gasteiger partial charge in [-0.3, -0.25) is 0 Å². The van der Waals surface area contributed by atoms with Crippen molar-refractivity contribution in [3.05, 3.63) is 64.7 Å². The first-order chi connectivity index (χ1) is 9.65. The van der Waals surface area contributed by atoms with E-state index >= 15 is 0 Å². The van der Waals surface area contributed by atoms with E-state index in [1.54, 1.807) is 7.11 Å². The Kier molecular flexibility index (Phi) is 4.80. The molecule has 0 saturated carbocycles. The summed E-state index contributed by atoms with van der Waals surface area (Å²) in [7, 11) is 1.73. The molecule has 0 heterocycles. The highest BCUT2D eigenvalue weighted by Gasteiger charge is 2.17. The lowest BCUT2D eigenvalue weighted by Gasteiger charge is -2.22. The molecule has 0 fully saturated rings. The molecule has 2 aromatic carbocycles. The Hall–Kier alpha value is -1.80. The van der Waals surface area contributed by atoms with Gasteiger partial charge >= 0.3 is 0 Å². The molecule has 2 rings (SSSR count). The Morgan fingerprint density at radius 3 is 2.25 bits per heavy atom. The average Bonchev–Trinajstić information content (AvgIpc) is 2.46. The van der Waals surface area contributed by atoms with E-state index in [2.05, 4.69) is 62.5 Å². The molecule has 0 aliphatic heterocycles. The molecule has 2 aromatic rings. The summed E-state index contributed by atoms with van der Waals surface area (Å²) in [4.78, 5) is 0. The molecule has 106 valence electrons. The van der Waals surface area contributed by atoms with Crippen molar-refractivity contribution in [2.45, 2.75) is 26.8 Å². The van der Waals surface area contributed by atoms with Crippen molar-refractivity contribution in [1.82, 2.24) is 5.32 Å². The van der Waals surface area contributed by atoms with Gasteiger partial charge in [0.1, 0.15) is 5.75 Å². The van der Waals surface area contributed by atoms with Crippen LogP contribution in [0, 0.1) is 13.8 Å². The zero-order chi connectivity index (χ0) is 14.5. The second kappa shape index (κ2) is 6.58. The molecular formula is C18H23NO.